The molecule has 0 saturated carbocycles. The zero-order valence-electron chi connectivity index (χ0n) is 11.6. The molecule has 18 heavy (non-hydrogen) atoms. The Labute approximate surface area is 114 Å². The van der Waals surface area contributed by atoms with E-state index in [1.807, 2.05) is 11.3 Å². The van der Waals surface area contributed by atoms with Crippen LogP contribution in [0.25, 0.3) is 10.2 Å². The number of thiazole rings is 1. The molecule has 1 heterocycles. The van der Waals surface area contributed by atoms with Crippen LogP contribution in [-0.4, -0.2) is 0 Å². The third kappa shape index (κ3) is 3.32. The van der Waals surface area contributed by atoms with Crippen molar-refractivity contribution < 1.29 is 4.57 Å². The first kappa shape index (κ1) is 13.5. The summed E-state index contributed by atoms with van der Waals surface area (Å²) in [6.07, 6.45) is 8.23. The summed E-state index contributed by atoms with van der Waals surface area (Å²) in [6.45, 7) is 5.69. The molecular weight excluding hydrogens is 238 g/mol. The molecule has 0 atom stereocenters. The number of rotatable bonds is 7. The number of fused-ring (bicyclic) bond motifs is 1. The zero-order valence-corrected chi connectivity index (χ0v) is 12.4. The Balaban J connectivity index is 1.89. The lowest BCUT2D eigenvalue weighted by Gasteiger charge is -1.99. The van der Waals surface area contributed by atoms with E-state index in [4.69, 9.17) is 0 Å². The lowest BCUT2D eigenvalue weighted by Crippen LogP contribution is -2.34. The van der Waals surface area contributed by atoms with Crippen molar-refractivity contribution in [3.05, 3.63) is 29.3 Å². The highest BCUT2D eigenvalue weighted by molar-refractivity contribution is 7.18. The van der Waals surface area contributed by atoms with Crippen LogP contribution in [0.3, 0.4) is 0 Å². The Morgan fingerprint density at radius 1 is 1.00 bits per heavy atom. The maximum atomic E-state index is 2.49. The van der Waals surface area contributed by atoms with Gasteiger partial charge in [-0.05, 0) is 12.5 Å². The number of hydrogen-bond acceptors (Lipinski definition) is 1. The topological polar surface area (TPSA) is 3.88 Å². The van der Waals surface area contributed by atoms with Gasteiger partial charge in [-0.1, -0.05) is 56.1 Å². The molecule has 0 unspecified atom stereocenters. The van der Waals surface area contributed by atoms with Crippen molar-refractivity contribution in [2.45, 2.75) is 58.9 Å². The van der Waals surface area contributed by atoms with E-state index in [0.29, 0.717) is 0 Å². The normalized spacial score (nSPS) is 11.2. The van der Waals surface area contributed by atoms with E-state index in [2.05, 4.69) is 42.7 Å². The first-order valence-corrected chi connectivity index (χ1v) is 8.02. The van der Waals surface area contributed by atoms with E-state index in [9.17, 15) is 0 Å². The summed E-state index contributed by atoms with van der Waals surface area (Å²) in [6, 6.07) is 8.75. The minimum atomic E-state index is 1.18. The van der Waals surface area contributed by atoms with Gasteiger partial charge in [-0.25, -0.2) is 0 Å². The van der Waals surface area contributed by atoms with Gasteiger partial charge in [-0.2, -0.15) is 4.57 Å². The van der Waals surface area contributed by atoms with Crippen molar-refractivity contribution >= 4 is 21.6 Å². The lowest BCUT2D eigenvalue weighted by molar-refractivity contribution is -0.673. The molecule has 0 amide bonds. The highest BCUT2D eigenvalue weighted by Crippen LogP contribution is 2.19. The Bertz CT molecular complexity index is 487. The number of unbranched alkanes of at least 4 members (excludes halogenated alkanes) is 5. The van der Waals surface area contributed by atoms with E-state index in [1.165, 1.54) is 60.3 Å². The summed E-state index contributed by atoms with van der Waals surface area (Å²) < 4.78 is 3.90. The number of aryl methyl sites for hydroxylation is 2. The summed E-state index contributed by atoms with van der Waals surface area (Å²) in [5, 5.41) is 1.43. The van der Waals surface area contributed by atoms with Gasteiger partial charge in [0.2, 0.25) is 10.5 Å². The quantitative estimate of drug-likeness (QED) is 0.495. The van der Waals surface area contributed by atoms with Crippen LogP contribution in [0.15, 0.2) is 24.3 Å². The third-order valence-electron chi connectivity index (χ3n) is 3.53. The van der Waals surface area contributed by atoms with Crippen molar-refractivity contribution in [3.63, 3.8) is 0 Å². The molecule has 0 bridgehead atoms. The van der Waals surface area contributed by atoms with Gasteiger partial charge in [0.1, 0.15) is 11.2 Å². The van der Waals surface area contributed by atoms with Crippen molar-refractivity contribution in [2.75, 3.05) is 0 Å². The number of benzene rings is 1. The fourth-order valence-electron chi connectivity index (χ4n) is 2.48. The van der Waals surface area contributed by atoms with Crippen molar-refractivity contribution in [1.82, 2.24) is 0 Å². The molecule has 1 nitrogen and oxygen atoms in total. The molecule has 2 aromatic rings. The summed E-state index contributed by atoms with van der Waals surface area (Å²) in [7, 11) is 0. The van der Waals surface area contributed by atoms with Crippen molar-refractivity contribution in [1.29, 1.82) is 0 Å². The second-order valence-electron chi connectivity index (χ2n) is 5.01. The summed E-state index contributed by atoms with van der Waals surface area (Å²) in [5.74, 6) is 0. The molecule has 2 heteroatoms. The molecule has 0 spiro atoms. The summed E-state index contributed by atoms with van der Waals surface area (Å²) >= 11 is 1.91. The largest absolute Gasteiger partial charge is 0.235 e. The first-order chi connectivity index (χ1) is 8.83. The average molecular weight is 262 g/mol. The van der Waals surface area contributed by atoms with Gasteiger partial charge in [0, 0.05) is 19.4 Å². The van der Waals surface area contributed by atoms with E-state index in [0.717, 1.165) is 0 Å². The highest BCUT2D eigenvalue weighted by atomic mass is 32.1. The van der Waals surface area contributed by atoms with Gasteiger partial charge >= 0.3 is 0 Å². The smallest absolute Gasteiger partial charge is 0.186 e. The molecule has 0 aliphatic heterocycles. The van der Waals surface area contributed by atoms with Gasteiger partial charge in [-0.3, -0.25) is 0 Å². The van der Waals surface area contributed by atoms with Gasteiger partial charge < -0.3 is 0 Å². The summed E-state index contributed by atoms with van der Waals surface area (Å²) in [5.41, 5.74) is 1.41. The SMILES string of the molecule is CCCCCCCC[n+]1c(C)sc2ccccc21. The van der Waals surface area contributed by atoms with E-state index >= 15 is 0 Å². The van der Waals surface area contributed by atoms with Gasteiger partial charge in [0.15, 0.2) is 0 Å². The number of aromatic nitrogens is 1. The fraction of sp³-hybridized carbons (Fsp3) is 0.562. The van der Waals surface area contributed by atoms with Crippen LogP contribution < -0.4 is 4.57 Å². The van der Waals surface area contributed by atoms with Gasteiger partial charge in [0.25, 0.3) is 0 Å². The average Bonchev–Trinajstić information content (AvgIpc) is 2.70. The molecular formula is C16H24NS+. The summed E-state index contributed by atoms with van der Waals surface area (Å²) in [4.78, 5) is 0. The van der Waals surface area contributed by atoms with E-state index in [1.54, 1.807) is 0 Å². The zero-order chi connectivity index (χ0) is 12.8. The van der Waals surface area contributed by atoms with Crippen molar-refractivity contribution in [3.8, 4) is 0 Å². The van der Waals surface area contributed by atoms with Crippen LogP contribution in [0, 0.1) is 6.92 Å². The first-order valence-electron chi connectivity index (χ1n) is 7.21. The molecule has 0 aliphatic carbocycles. The third-order valence-corrected chi connectivity index (χ3v) is 4.61. The minimum Gasteiger partial charge on any atom is -0.186 e. The van der Waals surface area contributed by atoms with Crippen LogP contribution in [-0.2, 0) is 6.54 Å². The Morgan fingerprint density at radius 2 is 1.72 bits per heavy atom. The Kier molecular flexibility index (Phi) is 5.18. The van der Waals surface area contributed by atoms with Crippen LogP contribution in [0.1, 0.15) is 50.5 Å². The molecule has 0 aliphatic rings. The fourth-order valence-corrected chi connectivity index (χ4v) is 3.53. The van der Waals surface area contributed by atoms with E-state index < -0.39 is 0 Å². The van der Waals surface area contributed by atoms with Crippen LogP contribution >= 0.6 is 11.3 Å². The molecule has 0 fully saturated rings. The second-order valence-corrected chi connectivity index (χ2v) is 6.24. The highest BCUT2D eigenvalue weighted by Gasteiger charge is 2.15. The second kappa shape index (κ2) is 6.89. The van der Waals surface area contributed by atoms with Crippen LogP contribution in [0.4, 0.5) is 0 Å². The van der Waals surface area contributed by atoms with Crippen LogP contribution in [0.5, 0.6) is 0 Å². The molecule has 0 saturated heterocycles. The number of hydrogen-bond donors (Lipinski definition) is 0. The number of para-hydroxylation sites is 1. The number of nitrogens with zero attached hydrogens (tertiary/aromatic N) is 1. The molecule has 0 N–H and O–H groups in total. The van der Waals surface area contributed by atoms with Crippen molar-refractivity contribution in [2.24, 2.45) is 0 Å². The maximum absolute atomic E-state index is 2.49. The molecule has 1 aromatic heterocycles. The monoisotopic (exact) mass is 262 g/mol. The van der Waals surface area contributed by atoms with Crippen LogP contribution in [0.2, 0.25) is 0 Å². The standard InChI is InChI=1S/C16H24NS/c1-3-4-5-6-7-10-13-17-14(2)18-16-12-9-8-11-15(16)17/h8-9,11-12H,3-7,10,13H2,1-2H3/q+1. The lowest BCUT2D eigenvalue weighted by atomic mass is 10.1. The molecule has 0 radical (unpaired) electrons. The van der Waals surface area contributed by atoms with E-state index in [-0.39, 0.29) is 0 Å². The Hall–Kier alpha value is -0.890. The molecule has 98 valence electrons. The van der Waals surface area contributed by atoms with Gasteiger partial charge in [0.05, 0.1) is 0 Å². The minimum absolute atomic E-state index is 1.18. The molecule has 2 rings (SSSR count). The predicted octanol–water partition coefficient (Wildman–Crippen LogP) is 4.86. The molecule has 1 aromatic carbocycles. The predicted molar refractivity (Wildman–Crippen MR) is 80.1 cm³/mol. The van der Waals surface area contributed by atoms with Gasteiger partial charge in [-0.15, -0.1) is 0 Å². The maximum Gasteiger partial charge on any atom is 0.235 e. The Morgan fingerprint density at radius 3 is 2.56 bits per heavy atom.